The Morgan fingerprint density at radius 1 is 1.36 bits per heavy atom. The van der Waals surface area contributed by atoms with Gasteiger partial charge in [-0.15, -0.1) is 5.11 Å². The first-order valence-corrected chi connectivity index (χ1v) is 11.0. The number of anilines is 1. The molecule has 2 N–H and O–H groups in total. The van der Waals surface area contributed by atoms with Gasteiger partial charge in [0.25, 0.3) is 0 Å². The molecule has 1 saturated heterocycles. The summed E-state index contributed by atoms with van der Waals surface area (Å²) in [5, 5.41) is 22.7. The molecule has 1 fully saturated rings. The quantitative estimate of drug-likeness (QED) is 0.725. The van der Waals surface area contributed by atoms with Crippen molar-refractivity contribution in [3.63, 3.8) is 0 Å². The van der Waals surface area contributed by atoms with Crippen LogP contribution in [-0.4, -0.2) is 66.4 Å². The molecule has 2 aromatic rings. The highest BCUT2D eigenvalue weighted by molar-refractivity contribution is 5.97. The molecule has 0 aliphatic carbocycles. The van der Waals surface area contributed by atoms with Crippen molar-refractivity contribution in [1.29, 1.82) is 0 Å². The first-order valence-electron chi connectivity index (χ1n) is 11.0. The van der Waals surface area contributed by atoms with Crippen molar-refractivity contribution >= 4 is 22.6 Å². The highest BCUT2D eigenvalue weighted by Gasteiger charge is 2.30. The van der Waals surface area contributed by atoms with E-state index in [-0.39, 0.29) is 29.5 Å². The first kappa shape index (κ1) is 21.5. The predicted octanol–water partition coefficient (Wildman–Crippen LogP) is 2.16. The minimum atomic E-state index is -1.35. The number of carboxylic acid groups (broad SMARTS) is 1. The zero-order valence-corrected chi connectivity index (χ0v) is 18.3. The summed E-state index contributed by atoms with van der Waals surface area (Å²) < 4.78 is 22.8. The van der Waals surface area contributed by atoms with Crippen LogP contribution in [0.1, 0.15) is 29.7 Å². The molecule has 0 spiro atoms. The Labute approximate surface area is 188 Å². The molecule has 0 saturated carbocycles. The average molecular weight is 456 g/mol. The number of aromatic nitrogens is 1. The molecule has 1 atom stereocenters. The highest BCUT2D eigenvalue weighted by Crippen LogP contribution is 2.42. The van der Waals surface area contributed by atoms with E-state index < -0.39 is 22.8 Å². The second kappa shape index (κ2) is 8.56. The van der Waals surface area contributed by atoms with Gasteiger partial charge in [0, 0.05) is 25.8 Å². The van der Waals surface area contributed by atoms with Gasteiger partial charge in [-0.05, 0) is 38.6 Å². The minimum absolute atomic E-state index is 0.0300. The van der Waals surface area contributed by atoms with Gasteiger partial charge < -0.3 is 19.7 Å². The fraction of sp³-hybridized carbons (Fsp3) is 0.455. The summed E-state index contributed by atoms with van der Waals surface area (Å²) in [5.41, 5.74) is 0.127. The van der Waals surface area contributed by atoms with Crippen molar-refractivity contribution in [2.45, 2.75) is 19.4 Å². The van der Waals surface area contributed by atoms with E-state index in [1.165, 1.54) is 11.2 Å². The summed E-state index contributed by atoms with van der Waals surface area (Å²) in [4.78, 5) is 26.6. The van der Waals surface area contributed by atoms with Crippen LogP contribution in [0.5, 0.6) is 5.75 Å². The van der Waals surface area contributed by atoms with E-state index in [1.54, 1.807) is 4.57 Å². The zero-order chi connectivity index (χ0) is 23.1. The van der Waals surface area contributed by atoms with E-state index in [1.807, 2.05) is 13.0 Å². The lowest BCUT2D eigenvalue weighted by Gasteiger charge is -2.31. The van der Waals surface area contributed by atoms with Crippen LogP contribution >= 0.6 is 0 Å². The number of ether oxygens (including phenoxy) is 1. The van der Waals surface area contributed by atoms with E-state index in [2.05, 4.69) is 20.6 Å². The smallest absolute Gasteiger partial charge is 0.341 e. The van der Waals surface area contributed by atoms with Crippen molar-refractivity contribution < 1.29 is 19.0 Å². The number of rotatable bonds is 4. The SMILES string of the molecule is CC1COc2c(N3CC=C(CN4CCCNCC4)N=N3)c(F)cc3c(=O)c(C(=O)O)cn1c23. The van der Waals surface area contributed by atoms with Gasteiger partial charge in [-0.1, -0.05) is 5.22 Å². The number of carboxylic acids is 1. The third-order valence-corrected chi connectivity index (χ3v) is 6.23. The zero-order valence-electron chi connectivity index (χ0n) is 18.3. The van der Waals surface area contributed by atoms with Crippen LogP contribution in [0.15, 0.2) is 39.2 Å². The van der Waals surface area contributed by atoms with Crippen LogP contribution in [0.25, 0.3) is 10.9 Å². The Morgan fingerprint density at radius 2 is 2.21 bits per heavy atom. The molecule has 3 aliphatic rings. The Morgan fingerprint density at radius 3 is 2.97 bits per heavy atom. The predicted molar refractivity (Wildman–Crippen MR) is 120 cm³/mol. The lowest BCUT2D eigenvalue weighted by atomic mass is 10.1. The summed E-state index contributed by atoms with van der Waals surface area (Å²) in [6.45, 7) is 6.88. The fourth-order valence-electron chi connectivity index (χ4n) is 4.51. The largest absolute Gasteiger partial charge is 0.487 e. The van der Waals surface area contributed by atoms with Crippen LogP contribution < -0.4 is 20.5 Å². The second-order valence-corrected chi connectivity index (χ2v) is 8.52. The number of hydrogen-bond acceptors (Lipinski definition) is 8. The molecule has 4 heterocycles. The Bertz CT molecular complexity index is 1230. The van der Waals surface area contributed by atoms with Gasteiger partial charge >= 0.3 is 5.97 Å². The first-order chi connectivity index (χ1) is 15.9. The Balaban J connectivity index is 1.50. The number of halogens is 1. The van der Waals surface area contributed by atoms with Crippen LogP contribution in [0, 0.1) is 5.82 Å². The molecule has 0 radical (unpaired) electrons. The molecule has 10 nitrogen and oxygen atoms in total. The van der Waals surface area contributed by atoms with Crippen LogP contribution in [0.3, 0.4) is 0 Å². The molecule has 0 bridgehead atoms. The van der Waals surface area contributed by atoms with E-state index in [0.717, 1.165) is 44.4 Å². The van der Waals surface area contributed by atoms with Gasteiger partial charge in [0.2, 0.25) is 5.43 Å². The van der Waals surface area contributed by atoms with Gasteiger partial charge in [-0.2, -0.15) is 0 Å². The maximum absolute atomic E-state index is 15.3. The van der Waals surface area contributed by atoms with E-state index >= 15 is 4.39 Å². The van der Waals surface area contributed by atoms with E-state index in [0.29, 0.717) is 18.6 Å². The molecule has 5 rings (SSSR count). The molecule has 174 valence electrons. The molecule has 33 heavy (non-hydrogen) atoms. The molecule has 1 unspecified atom stereocenters. The van der Waals surface area contributed by atoms with Crippen LogP contribution in [-0.2, 0) is 0 Å². The number of carbonyl (C=O) groups is 1. The molecule has 3 aliphatic heterocycles. The summed E-state index contributed by atoms with van der Waals surface area (Å²) >= 11 is 0. The number of hydrogen-bond donors (Lipinski definition) is 2. The molecule has 1 aromatic carbocycles. The maximum Gasteiger partial charge on any atom is 0.341 e. The number of nitrogens with zero attached hydrogens (tertiary/aromatic N) is 5. The average Bonchev–Trinajstić information content (AvgIpc) is 3.06. The van der Waals surface area contributed by atoms with Crippen molar-refractivity contribution in [2.75, 3.05) is 50.9 Å². The van der Waals surface area contributed by atoms with Crippen molar-refractivity contribution in [3.05, 3.63) is 45.6 Å². The Kier molecular flexibility index (Phi) is 5.59. The molecule has 0 amide bonds. The number of aromatic carboxylic acids is 1. The third kappa shape index (κ3) is 3.87. The molecular formula is C22H25FN6O4. The number of nitrogens with one attached hydrogen (secondary N) is 1. The van der Waals surface area contributed by atoms with Crippen LogP contribution in [0.2, 0.25) is 0 Å². The third-order valence-electron chi connectivity index (χ3n) is 6.23. The van der Waals surface area contributed by atoms with E-state index in [9.17, 15) is 14.7 Å². The van der Waals surface area contributed by atoms with E-state index in [4.69, 9.17) is 4.74 Å². The lowest BCUT2D eigenvalue weighted by molar-refractivity contribution is 0.0694. The summed E-state index contributed by atoms with van der Waals surface area (Å²) in [7, 11) is 0. The fourth-order valence-corrected chi connectivity index (χ4v) is 4.51. The summed E-state index contributed by atoms with van der Waals surface area (Å²) in [5.74, 6) is -1.89. The van der Waals surface area contributed by atoms with Gasteiger partial charge in [-0.3, -0.25) is 9.69 Å². The highest BCUT2D eigenvalue weighted by atomic mass is 19.1. The monoisotopic (exact) mass is 456 g/mol. The molecule has 1 aromatic heterocycles. The van der Waals surface area contributed by atoms with Gasteiger partial charge in [0.1, 0.15) is 17.9 Å². The van der Waals surface area contributed by atoms with Crippen molar-refractivity contribution in [3.8, 4) is 5.75 Å². The normalized spacial score (nSPS) is 21.0. The molecular weight excluding hydrogens is 431 g/mol. The number of benzene rings is 1. The minimum Gasteiger partial charge on any atom is -0.487 e. The second-order valence-electron chi connectivity index (χ2n) is 8.52. The van der Waals surface area contributed by atoms with Gasteiger partial charge in [-0.25, -0.2) is 14.2 Å². The Hall–Kier alpha value is -3.31. The summed E-state index contributed by atoms with van der Waals surface area (Å²) in [6, 6.07) is 0.842. The maximum atomic E-state index is 15.3. The van der Waals surface area contributed by atoms with Gasteiger partial charge in [0.15, 0.2) is 11.6 Å². The molecule has 11 heteroatoms. The van der Waals surface area contributed by atoms with Crippen molar-refractivity contribution in [2.24, 2.45) is 10.3 Å². The number of pyridine rings is 1. The van der Waals surface area contributed by atoms with Gasteiger partial charge in [0.05, 0.1) is 29.2 Å². The van der Waals surface area contributed by atoms with Crippen LogP contribution in [0.4, 0.5) is 10.1 Å². The van der Waals surface area contributed by atoms with Crippen molar-refractivity contribution in [1.82, 2.24) is 14.8 Å². The lowest BCUT2D eigenvalue weighted by Crippen LogP contribution is -2.31. The standard InChI is InChI=1S/C22H25FN6O4/c1-13-12-33-21-18-15(20(30)16(22(31)32)11-28(13)18)9-17(23)19(21)29-7-3-14(25-26-29)10-27-6-2-4-24-5-8-27/h3,9,11,13,24H,2,4-8,10,12H2,1H3,(H,31,32). The topological polar surface area (TPSA) is 112 Å². The summed E-state index contributed by atoms with van der Waals surface area (Å²) in [6.07, 6.45) is 4.29.